The first-order chi connectivity index (χ1) is 16.7. The molecule has 0 radical (unpaired) electrons. The molecule has 3 rings (SSSR count). The van der Waals surface area contributed by atoms with E-state index in [0.29, 0.717) is 18.8 Å². The van der Waals surface area contributed by atoms with E-state index < -0.39 is 0 Å². The Morgan fingerprint density at radius 1 is 0.647 bits per heavy atom. The van der Waals surface area contributed by atoms with Crippen molar-refractivity contribution in [3.05, 3.63) is 96.1 Å². The molecular weight excluding hydrogens is 422 g/mol. The van der Waals surface area contributed by atoms with E-state index in [9.17, 15) is 4.79 Å². The van der Waals surface area contributed by atoms with Gasteiger partial charge in [0, 0.05) is 13.1 Å². The molecule has 0 fully saturated rings. The van der Waals surface area contributed by atoms with Gasteiger partial charge in [-0.15, -0.1) is 0 Å². The molecule has 4 heteroatoms. The van der Waals surface area contributed by atoms with Crippen molar-refractivity contribution in [2.24, 2.45) is 0 Å². The number of rotatable bonds is 15. The quantitative estimate of drug-likeness (QED) is 0.229. The Morgan fingerprint density at radius 3 is 1.71 bits per heavy atom. The number of carbonyl (C=O) groups excluding carboxylic acids is 1. The van der Waals surface area contributed by atoms with Gasteiger partial charge in [-0.2, -0.15) is 0 Å². The summed E-state index contributed by atoms with van der Waals surface area (Å²) >= 11 is 0. The zero-order valence-corrected chi connectivity index (χ0v) is 20.3. The molecule has 0 unspecified atom stereocenters. The molecule has 4 nitrogen and oxygen atoms in total. The summed E-state index contributed by atoms with van der Waals surface area (Å²) in [4.78, 5) is 14.9. The van der Waals surface area contributed by atoms with Gasteiger partial charge in [-0.05, 0) is 41.8 Å². The Hall–Kier alpha value is -3.27. The minimum atomic E-state index is -0.0453. The van der Waals surface area contributed by atoms with E-state index in [1.54, 1.807) is 0 Å². The normalized spacial score (nSPS) is 10.6. The Morgan fingerprint density at radius 2 is 1.15 bits per heavy atom. The summed E-state index contributed by atoms with van der Waals surface area (Å²) in [6.45, 7) is 4.06. The van der Waals surface area contributed by atoms with Crippen LogP contribution < -0.4 is 9.47 Å². The number of carbonyl (C=O) groups is 1. The molecule has 0 heterocycles. The Kier molecular flexibility index (Phi) is 11.0. The predicted octanol–water partition coefficient (Wildman–Crippen LogP) is 7.03. The summed E-state index contributed by atoms with van der Waals surface area (Å²) in [6.07, 6.45) is 7.48. The van der Waals surface area contributed by atoms with Crippen LogP contribution in [0.25, 0.3) is 0 Å². The molecule has 0 bridgehead atoms. The van der Waals surface area contributed by atoms with E-state index in [0.717, 1.165) is 29.9 Å². The van der Waals surface area contributed by atoms with Gasteiger partial charge in [0.15, 0.2) is 6.61 Å². The maximum Gasteiger partial charge on any atom is 0.261 e. The van der Waals surface area contributed by atoms with E-state index >= 15 is 0 Å². The molecule has 1 amide bonds. The smallest absolute Gasteiger partial charge is 0.261 e. The first-order valence-corrected chi connectivity index (χ1v) is 12.5. The molecular formula is C30H37NO3. The first kappa shape index (κ1) is 25.4. The Balaban J connectivity index is 1.47. The van der Waals surface area contributed by atoms with Crippen LogP contribution in [-0.2, 0) is 17.9 Å². The molecule has 0 aliphatic carbocycles. The predicted molar refractivity (Wildman–Crippen MR) is 138 cm³/mol. The molecule has 0 saturated heterocycles. The molecule has 0 aromatic heterocycles. The molecule has 0 atom stereocenters. The van der Waals surface area contributed by atoms with Crippen molar-refractivity contribution < 1.29 is 14.3 Å². The highest BCUT2D eigenvalue weighted by atomic mass is 16.5. The number of amides is 1. The summed E-state index contributed by atoms with van der Waals surface area (Å²) in [5.74, 6) is 1.46. The van der Waals surface area contributed by atoms with Crippen LogP contribution in [0.1, 0.15) is 56.6 Å². The van der Waals surface area contributed by atoms with Gasteiger partial charge in [0.1, 0.15) is 11.5 Å². The lowest BCUT2D eigenvalue weighted by Crippen LogP contribution is -2.34. The number of benzene rings is 3. The maximum absolute atomic E-state index is 13.0. The molecule has 0 spiro atoms. The van der Waals surface area contributed by atoms with Gasteiger partial charge in [0.2, 0.25) is 0 Å². The summed E-state index contributed by atoms with van der Waals surface area (Å²) in [5.41, 5.74) is 2.19. The number of hydrogen-bond donors (Lipinski definition) is 0. The van der Waals surface area contributed by atoms with Crippen LogP contribution >= 0.6 is 0 Å². The van der Waals surface area contributed by atoms with Gasteiger partial charge in [0.05, 0.1) is 6.61 Å². The minimum absolute atomic E-state index is 0.00235. The van der Waals surface area contributed by atoms with Crippen molar-refractivity contribution in [1.29, 1.82) is 0 Å². The van der Waals surface area contributed by atoms with Gasteiger partial charge in [-0.3, -0.25) is 4.79 Å². The van der Waals surface area contributed by atoms with Crippen molar-refractivity contribution in [2.45, 2.75) is 58.5 Å². The van der Waals surface area contributed by atoms with E-state index in [4.69, 9.17) is 9.47 Å². The third kappa shape index (κ3) is 9.30. The fraction of sp³-hybridized carbons (Fsp3) is 0.367. The highest BCUT2D eigenvalue weighted by Gasteiger charge is 2.15. The molecule has 3 aromatic rings. The second-order valence-electron chi connectivity index (χ2n) is 8.60. The van der Waals surface area contributed by atoms with Crippen LogP contribution in [0, 0.1) is 0 Å². The number of hydrogen-bond acceptors (Lipinski definition) is 3. The van der Waals surface area contributed by atoms with Crippen LogP contribution in [0.15, 0.2) is 84.9 Å². The fourth-order valence-electron chi connectivity index (χ4n) is 3.78. The van der Waals surface area contributed by atoms with Crippen molar-refractivity contribution in [3.8, 4) is 11.5 Å². The molecule has 0 saturated carbocycles. The Labute approximate surface area is 204 Å². The average Bonchev–Trinajstić information content (AvgIpc) is 2.88. The summed E-state index contributed by atoms with van der Waals surface area (Å²) in [7, 11) is 0. The molecule has 0 aliphatic heterocycles. The third-order valence-corrected chi connectivity index (χ3v) is 5.74. The highest BCUT2D eigenvalue weighted by molar-refractivity contribution is 5.77. The topological polar surface area (TPSA) is 38.8 Å². The van der Waals surface area contributed by atoms with Crippen LogP contribution in [-0.4, -0.2) is 24.0 Å². The second kappa shape index (κ2) is 14.8. The monoisotopic (exact) mass is 459 g/mol. The largest absolute Gasteiger partial charge is 0.494 e. The molecule has 0 aliphatic rings. The summed E-state index contributed by atoms with van der Waals surface area (Å²) < 4.78 is 11.6. The standard InChI is InChI=1S/C30H37NO3/c1-2-3-4-5-6-13-22-33-28-18-20-29(21-19-28)34-25-30(32)31(23-26-14-9-7-10-15-26)24-27-16-11-8-12-17-27/h7-12,14-21H,2-6,13,22-25H2,1H3. The van der Waals surface area contributed by atoms with E-state index in [2.05, 4.69) is 6.92 Å². The minimum Gasteiger partial charge on any atom is -0.494 e. The van der Waals surface area contributed by atoms with Crippen molar-refractivity contribution in [1.82, 2.24) is 4.90 Å². The van der Waals surface area contributed by atoms with Crippen LogP contribution in [0.3, 0.4) is 0 Å². The van der Waals surface area contributed by atoms with Crippen LogP contribution in [0.2, 0.25) is 0 Å². The average molecular weight is 460 g/mol. The molecule has 3 aromatic carbocycles. The number of nitrogens with zero attached hydrogens (tertiary/aromatic N) is 1. The Bertz CT molecular complexity index is 900. The summed E-state index contributed by atoms with van der Waals surface area (Å²) in [5, 5.41) is 0. The lowest BCUT2D eigenvalue weighted by Gasteiger charge is -2.23. The van der Waals surface area contributed by atoms with E-state index in [-0.39, 0.29) is 12.5 Å². The molecule has 0 N–H and O–H groups in total. The van der Waals surface area contributed by atoms with Gasteiger partial charge in [0.25, 0.3) is 5.91 Å². The fourth-order valence-corrected chi connectivity index (χ4v) is 3.78. The van der Waals surface area contributed by atoms with Gasteiger partial charge in [-0.1, -0.05) is 99.7 Å². The number of ether oxygens (including phenoxy) is 2. The number of unbranched alkanes of at least 4 members (excludes halogenated alkanes) is 5. The van der Waals surface area contributed by atoms with E-state index in [1.165, 1.54) is 32.1 Å². The van der Waals surface area contributed by atoms with Crippen molar-refractivity contribution in [3.63, 3.8) is 0 Å². The maximum atomic E-state index is 13.0. The molecule has 180 valence electrons. The van der Waals surface area contributed by atoms with Crippen LogP contribution in [0.5, 0.6) is 11.5 Å². The second-order valence-corrected chi connectivity index (χ2v) is 8.60. The van der Waals surface area contributed by atoms with Crippen LogP contribution in [0.4, 0.5) is 0 Å². The van der Waals surface area contributed by atoms with Gasteiger partial charge in [-0.25, -0.2) is 0 Å². The lowest BCUT2D eigenvalue weighted by atomic mass is 10.1. The zero-order valence-electron chi connectivity index (χ0n) is 20.3. The highest BCUT2D eigenvalue weighted by Crippen LogP contribution is 2.19. The van der Waals surface area contributed by atoms with Gasteiger partial charge >= 0.3 is 0 Å². The SMILES string of the molecule is CCCCCCCCOc1ccc(OCC(=O)N(Cc2ccccc2)Cc2ccccc2)cc1. The van der Waals surface area contributed by atoms with E-state index in [1.807, 2.05) is 89.8 Å². The molecule has 34 heavy (non-hydrogen) atoms. The van der Waals surface area contributed by atoms with Crippen molar-refractivity contribution >= 4 is 5.91 Å². The van der Waals surface area contributed by atoms with Gasteiger partial charge < -0.3 is 14.4 Å². The van der Waals surface area contributed by atoms with Crippen molar-refractivity contribution in [2.75, 3.05) is 13.2 Å². The summed E-state index contributed by atoms with van der Waals surface area (Å²) in [6, 6.07) is 27.6. The first-order valence-electron chi connectivity index (χ1n) is 12.5. The zero-order chi connectivity index (χ0) is 23.8. The lowest BCUT2D eigenvalue weighted by molar-refractivity contribution is -0.134. The third-order valence-electron chi connectivity index (χ3n) is 5.74.